The molecule has 9 heteroatoms. The van der Waals surface area contributed by atoms with Gasteiger partial charge >= 0.3 is 5.97 Å². The third-order valence-electron chi connectivity index (χ3n) is 3.49. The maximum absolute atomic E-state index is 14.2. The van der Waals surface area contributed by atoms with Gasteiger partial charge < -0.3 is 9.26 Å². The van der Waals surface area contributed by atoms with Crippen LogP contribution in [-0.4, -0.2) is 33.4 Å². The highest BCUT2D eigenvalue weighted by atomic mass is 35.5. The molecule has 1 N–H and O–H groups in total. The molecule has 132 valence electrons. The van der Waals surface area contributed by atoms with Crippen LogP contribution in [0.15, 0.2) is 41.3 Å². The third-order valence-corrected chi connectivity index (χ3v) is 3.80. The summed E-state index contributed by atoms with van der Waals surface area (Å²) < 4.78 is 24.3. The fourth-order valence-corrected chi connectivity index (χ4v) is 2.50. The lowest BCUT2D eigenvalue weighted by Crippen LogP contribution is -2.16. The van der Waals surface area contributed by atoms with Crippen molar-refractivity contribution < 1.29 is 18.4 Å². The van der Waals surface area contributed by atoms with E-state index in [1.807, 2.05) is 0 Å². The standard InChI is InChI=1S/C17H12ClFN4O3/c1-9-14(16(23-26-9)15-10(18)3-2-4-11(15)19)17(24)25-8-12(20)13-7-21-5-6-22-13/h2-7,20H,8H2,1H3. The first-order chi connectivity index (χ1) is 12.5. The summed E-state index contributed by atoms with van der Waals surface area (Å²) in [6, 6.07) is 4.11. The van der Waals surface area contributed by atoms with Gasteiger partial charge in [0.25, 0.3) is 0 Å². The second kappa shape index (κ2) is 7.40. The Labute approximate surface area is 152 Å². The van der Waals surface area contributed by atoms with Crippen LogP contribution in [0.25, 0.3) is 11.3 Å². The quantitative estimate of drug-likeness (QED) is 0.542. The van der Waals surface area contributed by atoms with Crippen molar-refractivity contribution in [3.8, 4) is 11.3 Å². The Kier molecular flexibility index (Phi) is 5.04. The van der Waals surface area contributed by atoms with E-state index < -0.39 is 11.8 Å². The van der Waals surface area contributed by atoms with Gasteiger partial charge in [0.1, 0.15) is 35.1 Å². The number of carbonyl (C=O) groups excluding carboxylic acids is 1. The summed E-state index contributed by atoms with van der Waals surface area (Å²) in [5.41, 5.74) is 0.0818. The summed E-state index contributed by atoms with van der Waals surface area (Å²) in [6.07, 6.45) is 4.27. The zero-order valence-corrected chi connectivity index (χ0v) is 14.2. The van der Waals surface area contributed by atoms with Gasteiger partial charge in [-0.15, -0.1) is 0 Å². The first kappa shape index (κ1) is 17.7. The van der Waals surface area contributed by atoms with Gasteiger partial charge in [-0.2, -0.15) is 0 Å². The van der Waals surface area contributed by atoms with Crippen LogP contribution >= 0.6 is 11.6 Å². The molecular weight excluding hydrogens is 363 g/mol. The Morgan fingerprint density at radius 1 is 1.38 bits per heavy atom. The summed E-state index contributed by atoms with van der Waals surface area (Å²) in [5, 5.41) is 11.7. The van der Waals surface area contributed by atoms with E-state index in [4.69, 9.17) is 26.3 Å². The van der Waals surface area contributed by atoms with E-state index >= 15 is 0 Å². The Hall–Kier alpha value is -3.13. The van der Waals surface area contributed by atoms with Gasteiger partial charge in [-0.1, -0.05) is 22.8 Å². The monoisotopic (exact) mass is 374 g/mol. The maximum Gasteiger partial charge on any atom is 0.344 e. The molecule has 0 fully saturated rings. The summed E-state index contributed by atoms with van der Waals surface area (Å²) in [5.74, 6) is -1.31. The molecule has 26 heavy (non-hydrogen) atoms. The fourth-order valence-electron chi connectivity index (χ4n) is 2.25. The van der Waals surface area contributed by atoms with Crippen LogP contribution in [0.5, 0.6) is 0 Å². The molecule has 7 nitrogen and oxygen atoms in total. The maximum atomic E-state index is 14.2. The van der Waals surface area contributed by atoms with Crippen molar-refractivity contribution in [3.63, 3.8) is 0 Å². The van der Waals surface area contributed by atoms with Gasteiger partial charge in [0.05, 0.1) is 22.5 Å². The molecule has 0 aliphatic heterocycles. The number of hydrogen-bond donors (Lipinski definition) is 1. The molecule has 0 amide bonds. The van der Waals surface area contributed by atoms with E-state index in [2.05, 4.69) is 15.1 Å². The molecule has 0 saturated carbocycles. The average molecular weight is 375 g/mol. The van der Waals surface area contributed by atoms with Crippen LogP contribution < -0.4 is 0 Å². The smallest absolute Gasteiger partial charge is 0.344 e. The van der Waals surface area contributed by atoms with Gasteiger partial charge in [-0.05, 0) is 19.1 Å². The molecule has 2 heterocycles. The SMILES string of the molecule is Cc1onc(-c2c(F)cccc2Cl)c1C(=O)OCC(=N)c1cnccn1. The van der Waals surface area contributed by atoms with Crippen molar-refractivity contribution in [2.24, 2.45) is 0 Å². The number of benzene rings is 1. The highest BCUT2D eigenvalue weighted by molar-refractivity contribution is 6.33. The average Bonchev–Trinajstić information content (AvgIpc) is 3.01. The van der Waals surface area contributed by atoms with E-state index in [1.165, 1.54) is 43.7 Å². The van der Waals surface area contributed by atoms with Crippen molar-refractivity contribution in [1.29, 1.82) is 5.41 Å². The molecule has 0 atom stereocenters. The first-order valence-corrected chi connectivity index (χ1v) is 7.78. The zero-order valence-electron chi connectivity index (χ0n) is 13.5. The molecule has 0 aliphatic carbocycles. The van der Waals surface area contributed by atoms with E-state index in [-0.39, 0.29) is 45.6 Å². The van der Waals surface area contributed by atoms with Crippen LogP contribution in [0.1, 0.15) is 21.8 Å². The van der Waals surface area contributed by atoms with Crippen molar-refractivity contribution in [1.82, 2.24) is 15.1 Å². The minimum atomic E-state index is -0.813. The Morgan fingerprint density at radius 3 is 2.88 bits per heavy atom. The number of halogens is 2. The number of aromatic nitrogens is 3. The number of nitrogens with one attached hydrogen (secondary N) is 1. The van der Waals surface area contributed by atoms with Gasteiger partial charge in [0.2, 0.25) is 0 Å². The van der Waals surface area contributed by atoms with Crippen LogP contribution in [0.4, 0.5) is 4.39 Å². The minimum Gasteiger partial charge on any atom is -0.455 e. The van der Waals surface area contributed by atoms with E-state index in [9.17, 15) is 9.18 Å². The second-order valence-electron chi connectivity index (χ2n) is 5.20. The highest BCUT2D eigenvalue weighted by Crippen LogP contribution is 2.33. The number of ether oxygens (including phenoxy) is 1. The van der Waals surface area contributed by atoms with Gasteiger partial charge in [0, 0.05) is 12.4 Å². The fraction of sp³-hybridized carbons (Fsp3) is 0.118. The van der Waals surface area contributed by atoms with Gasteiger partial charge in [-0.25, -0.2) is 9.18 Å². The number of nitrogens with zero attached hydrogens (tertiary/aromatic N) is 3. The highest BCUT2D eigenvalue weighted by Gasteiger charge is 2.26. The van der Waals surface area contributed by atoms with E-state index in [0.717, 1.165) is 0 Å². The minimum absolute atomic E-state index is 0.0361. The summed E-state index contributed by atoms with van der Waals surface area (Å²) >= 11 is 6.03. The zero-order chi connectivity index (χ0) is 18.7. The molecule has 0 bridgehead atoms. The number of aryl methyl sites for hydroxylation is 1. The van der Waals surface area contributed by atoms with Crippen molar-refractivity contribution >= 4 is 23.3 Å². The normalized spacial score (nSPS) is 10.6. The Morgan fingerprint density at radius 2 is 2.19 bits per heavy atom. The van der Waals surface area contributed by atoms with Crippen molar-refractivity contribution in [2.45, 2.75) is 6.92 Å². The number of carbonyl (C=O) groups is 1. The van der Waals surface area contributed by atoms with Crippen LogP contribution in [0.3, 0.4) is 0 Å². The molecule has 3 aromatic rings. The summed E-state index contributed by atoms with van der Waals surface area (Å²) in [7, 11) is 0. The topological polar surface area (TPSA) is 102 Å². The van der Waals surface area contributed by atoms with Crippen LogP contribution in [0.2, 0.25) is 5.02 Å². The molecule has 0 unspecified atom stereocenters. The van der Waals surface area contributed by atoms with Crippen LogP contribution in [0, 0.1) is 18.2 Å². The lowest BCUT2D eigenvalue weighted by molar-refractivity contribution is 0.0562. The summed E-state index contributed by atoms with van der Waals surface area (Å²) in [6.45, 7) is 1.16. The molecular formula is C17H12ClFN4O3. The molecule has 1 aromatic carbocycles. The van der Waals surface area contributed by atoms with E-state index in [0.29, 0.717) is 0 Å². The molecule has 0 aliphatic rings. The summed E-state index contributed by atoms with van der Waals surface area (Å²) in [4.78, 5) is 20.3. The predicted octanol–water partition coefficient (Wildman–Crippen LogP) is 3.46. The molecule has 2 aromatic heterocycles. The van der Waals surface area contributed by atoms with Gasteiger partial charge in [-0.3, -0.25) is 15.4 Å². The molecule has 0 saturated heterocycles. The Balaban J connectivity index is 1.85. The van der Waals surface area contributed by atoms with Crippen molar-refractivity contribution in [2.75, 3.05) is 6.61 Å². The first-order valence-electron chi connectivity index (χ1n) is 7.40. The molecule has 0 radical (unpaired) electrons. The van der Waals surface area contributed by atoms with E-state index in [1.54, 1.807) is 0 Å². The second-order valence-corrected chi connectivity index (χ2v) is 5.61. The molecule has 3 rings (SSSR count). The number of hydrogen-bond acceptors (Lipinski definition) is 7. The Bertz CT molecular complexity index is 955. The predicted molar refractivity (Wildman–Crippen MR) is 90.8 cm³/mol. The lowest BCUT2D eigenvalue weighted by atomic mass is 10.1. The third kappa shape index (κ3) is 3.45. The van der Waals surface area contributed by atoms with Gasteiger partial charge in [0.15, 0.2) is 0 Å². The molecule has 0 spiro atoms. The number of esters is 1. The lowest BCUT2D eigenvalue weighted by Gasteiger charge is -2.07. The number of rotatable bonds is 5. The largest absolute Gasteiger partial charge is 0.455 e. The van der Waals surface area contributed by atoms with Crippen molar-refractivity contribution in [3.05, 3.63) is 64.6 Å². The van der Waals surface area contributed by atoms with Crippen LogP contribution in [-0.2, 0) is 4.74 Å².